The lowest BCUT2D eigenvalue weighted by Crippen LogP contribution is -2.50. The molecular formula is C15H20FN5O2S. The number of aromatic nitrogens is 2. The van der Waals surface area contributed by atoms with Gasteiger partial charge in [0.25, 0.3) is 0 Å². The Kier molecular flexibility index (Phi) is 3.59. The Labute approximate surface area is 139 Å². The van der Waals surface area contributed by atoms with Crippen molar-refractivity contribution in [3.05, 3.63) is 29.3 Å². The molecule has 3 rings (SSSR count). The van der Waals surface area contributed by atoms with Crippen LogP contribution in [0, 0.1) is 5.82 Å². The van der Waals surface area contributed by atoms with Crippen LogP contribution in [0.4, 0.5) is 4.39 Å². The molecular weight excluding hydrogens is 333 g/mol. The molecule has 130 valence electrons. The van der Waals surface area contributed by atoms with Gasteiger partial charge in [0.15, 0.2) is 0 Å². The SMILES string of the molecule is CC(C)c1nc2cc(F)c([C@]3(C)CS(=O)(=O)N(C)C(N)=N3)cc2[nH]1. The number of fused-ring (bicyclic) bond motifs is 1. The summed E-state index contributed by atoms with van der Waals surface area (Å²) >= 11 is 0. The molecule has 24 heavy (non-hydrogen) atoms. The highest BCUT2D eigenvalue weighted by molar-refractivity contribution is 7.89. The van der Waals surface area contributed by atoms with Crippen molar-refractivity contribution in [3.8, 4) is 0 Å². The Morgan fingerprint density at radius 2 is 2.08 bits per heavy atom. The monoisotopic (exact) mass is 353 g/mol. The van der Waals surface area contributed by atoms with E-state index in [1.54, 1.807) is 13.0 Å². The summed E-state index contributed by atoms with van der Waals surface area (Å²) < 4.78 is 40.1. The van der Waals surface area contributed by atoms with Gasteiger partial charge >= 0.3 is 0 Å². The van der Waals surface area contributed by atoms with E-state index in [2.05, 4.69) is 15.0 Å². The number of nitrogens with zero attached hydrogens (tertiary/aromatic N) is 3. The molecule has 0 amide bonds. The summed E-state index contributed by atoms with van der Waals surface area (Å²) in [6.45, 7) is 5.52. The van der Waals surface area contributed by atoms with E-state index >= 15 is 0 Å². The van der Waals surface area contributed by atoms with E-state index in [9.17, 15) is 12.8 Å². The minimum atomic E-state index is -3.66. The van der Waals surface area contributed by atoms with Crippen LogP contribution in [-0.4, -0.2) is 41.5 Å². The number of rotatable bonds is 2. The highest BCUT2D eigenvalue weighted by Gasteiger charge is 2.41. The van der Waals surface area contributed by atoms with Crippen molar-refractivity contribution in [1.29, 1.82) is 0 Å². The quantitative estimate of drug-likeness (QED) is 0.856. The molecule has 1 aliphatic heterocycles. The first-order valence-corrected chi connectivity index (χ1v) is 9.16. The average Bonchev–Trinajstić information content (AvgIpc) is 2.86. The van der Waals surface area contributed by atoms with Gasteiger partial charge < -0.3 is 10.7 Å². The van der Waals surface area contributed by atoms with Gasteiger partial charge in [0.1, 0.15) is 17.2 Å². The van der Waals surface area contributed by atoms with Gasteiger partial charge in [0.05, 0.1) is 16.8 Å². The number of H-pyrrole nitrogens is 1. The number of guanidine groups is 1. The molecule has 9 heteroatoms. The lowest BCUT2D eigenvalue weighted by atomic mass is 9.93. The summed E-state index contributed by atoms with van der Waals surface area (Å²) in [6, 6.07) is 2.87. The Morgan fingerprint density at radius 1 is 1.42 bits per heavy atom. The van der Waals surface area contributed by atoms with Crippen molar-refractivity contribution in [2.24, 2.45) is 10.7 Å². The van der Waals surface area contributed by atoms with Crippen molar-refractivity contribution >= 4 is 27.0 Å². The number of hydrogen-bond donors (Lipinski definition) is 2. The number of benzene rings is 1. The molecule has 1 atom stereocenters. The average molecular weight is 353 g/mol. The minimum Gasteiger partial charge on any atom is -0.369 e. The fourth-order valence-corrected chi connectivity index (χ4v) is 4.28. The van der Waals surface area contributed by atoms with E-state index in [0.717, 1.165) is 10.1 Å². The zero-order chi connectivity index (χ0) is 17.9. The third-order valence-corrected chi connectivity index (χ3v) is 6.23. The molecule has 1 aromatic carbocycles. The number of aromatic amines is 1. The largest absolute Gasteiger partial charge is 0.369 e. The molecule has 2 aromatic rings. The third-order valence-electron chi connectivity index (χ3n) is 4.28. The van der Waals surface area contributed by atoms with E-state index in [1.807, 2.05) is 13.8 Å². The first-order chi connectivity index (χ1) is 11.0. The predicted octanol–water partition coefficient (Wildman–Crippen LogP) is 1.63. The zero-order valence-electron chi connectivity index (χ0n) is 14.0. The Hall–Kier alpha value is -2.16. The van der Waals surface area contributed by atoms with Gasteiger partial charge in [-0.05, 0) is 13.0 Å². The Morgan fingerprint density at radius 3 is 2.67 bits per heavy atom. The van der Waals surface area contributed by atoms with E-state index in [4.69, 9.17) is 5.73 Å². The maximum atomic E-state index is 14.7. The molecule has 3 N–H and O–H groups in total. The Bertz CT molecular complexity index is 950. The molecule has 1 aromatic heterocycles. The van der Waals surface area contributed by atoms with Crippen molar-refractivity contribution in [1.82, 2.24) is 14.3 Å². The summed E-state index contributed by atoms with van der Waals surface area (Å²) in [5.41, 5.74) is 5.74. The molecule has 0 aliphatic carbocycles. The molecule has 0 saturated heterocycles. The fraction of sp³-hybridized carbons (Fsp3) is 0.467. The van der Waals surface area contributed by atoms with Crippen molar-refractivity contribution in [3.63, 3.8) is 0 Å². The molecule has 0 bridgehead atoms. The zero-order valence-corrected chi connectivity index (χ0v) is 14.8. The van der Waals surface area contributed by atoms with Crippen molar-refractivity contribution in [2.45, 2.75) is 32.2 Å². The van der Waals surface area contributed by atoms with Crippen LogP contribution in [0.5, 0.6) is 0 Å². The van der Waals surface area contributed by atoms with E-state index < -0.39 is 21.4 Å². The van der Waals surface area contributed by atoms with Crippen molar-refractivity contribution < 1.29 is 12.8 Å². The summed E-state index contributed by atoms with van der Waals surface area (Å²) in [6.07, 6.45) is 0. The van der Waals surface area contributed by atoms with Crippen LogP contribution in [-0.2, 0) is 15.6 Å². The number of halogens is 1. The molecule has 0 unspecified atom stereocenters. The van der Waals surface area contributed by atoms with Gasteiger partial charge in [0, 0.05) is 24.6 Å². The first kappa shape index (κ1) is 16.7. The number of hydrogen-bond acceptors (Lipinski definition) is 5. The topological polar surface area (TPSA) is 104 Å². The molecule has 0 spiro atoms. The van der Waals surface area contributed by atoms with Crippen LogP contribution < -0.4 is 5.73 Å². The van der Waals surface area contributed by atoms with Crippen LogP contribution in [0.1, 0.15) is 38.1 Å². The third kappa shape index (κ3) is 2.52. The molecule has 1 aliphatic rings. The van der Waals surface area contributed by atoms with Crippen LogP contribution in [0.25, 0.3) is 11.0 Å². The Balaban J connectivity index is 2.20. The van der Waals surface area contributed by atoms with Gasteiger partial charge in [-0.15, -0.1) is 0 Å². The van der Waals surface area contributed by atoms with Gasteiger partial charge in [-0.3, -0.25) is 0 Å². The number of nitrogens with one attached hydrogen (secondary N) is 1. The smallest absolute Gasteiger partial charge is 0.239 e. The minimum absolute atomic E-state index is 0.157. The van der Waals surface area contributed by atoms with Crippen LogP contribution in [0.3, 0.4) is 0 Å². The van der Waals surface area contributed by atoms with Crippen LogP contribution in [0.15, 0.2) is 17.1 Å². The second-order valence-electron chi connectivity index (χ2n) is 6.59. The molecule has 7 nitrogen and oxygen atoms in total. The van der Waals surface area contributed by atoms with Crippen molar-refractivity contribution in [2.75, 3.05) is 12.8 Å². The summed E-state index contributed by atoms with van der Waals surface area (Å²) in [5.74, 6) is -0.161. The lowest BCUT2D eigenvalue weighted by Gasteiger charge is -2.34. The number of imidazole rings is 1. The van der Waals surface area contributed by atoms with Crippen LogP contribution in [0.2, 0.25) is 0 Å². The highest BCUT2D eigenvalue weighted by atomic mass is 32.2. The second-order valence-corrected chi connectivity index (χ2v) is 8.59. The molecule has 0 radical (unpaired) electrons. The van der Waals surface area contributed by atoms with Gasteiger partial charge in [-0.1, -0.05) is 13.8 Å². The van der Waals surface area contributed by atoms with Gasteiger partial charge in [-0.2, -0.15) is 0 Å². The predicted molar refractivity (Wildman–Crippen MR) is 90.7 cm³/mol. The number of sulfonamides is 1. The molecule has 0 saturated carbocycles. The summed E-state index contributed by atoms with van der Waals surface area (Å²) in [4.78, 5) is 11.7. The maximum Gasteiger partial charge on any atom is 0.239 e. The fourth-order valence-electron chi connectivity index (χ4n) is 2.83. The maximum absolute atomic E-state index is 14.7. The highest BCUT2D eigenvalue weighted by Crippen LogP contribution is 2.35. The molecule has 2 heterocycles. The standard InChI is InChI=1S/C15H20FN5O2S/c1-8(2)13-18-11-5-9(10(16)6-12(11)19-13)15(3)7-24(22,23)21(4)14(17)20-15/h5-6,8H,7H2,1-4H3,(H2,17,20)(H,18,19)/t15-/m0/s1. The molecule has 0 fully saturated rings. The number of nitrogens with two attached hydrogens (primary N) is 1. The first-order valence-electron chi connectivity index (χ1n) is 7.55. The summed E-state index contributed by atoms with van der Waals surface area (Å²) in [5, 5.41) is 0. The summed E-state index contributed by atoms with van der Waals surface area (Å²) in [7, 11) is -2.33. The second kappa shape index (κ2) is 5.17. The van der Waals surface area contributed by atoms with Gasteiger partial charge in [0.2, 0.25) is 16.0 Å². The van der Waals surface area contributed by atoms with Gasteiger partial charge in [-0.25, -0.2) is 27.1 Å². The lowest BCUT2D eigenvalue weighted by molar-refractivity contribution is 0.458. The van der Waals surface area contributed by atoms with E-state index in [1.165, 1.54) is 13.1 Å². The van der Waals surface area contributed by atoms with Crippen LogP contribution >= 0.6 is 0 Å². The van der Waals surface area contributed by atoms with E-state index in [-0.39, 0.29) is 23.2 Å². The number of aliphatic imine (C=N–C) groups is 1. The van der Waals surface area contributed by atoms with E-state index in [0.29, 0.717) is 11.0 Å². The normalized spacial score (nSPS) is 23.8.